The molecule has 3 heterocycles. The van der Waals surface area contributed by atoms with Crippen molar-refractivity contribution in [3.63, 3.8) is 0 Å². The Morgan fingerprint density at radius 1 is 1.10 bits per heavy atom. The maximum Gasteiger partial charge on any atom is 0.232 e. The molecule has 0 aliphatic carbocycles. The van der Waals surface area contributed by atoms with Gasteiger partial charge in [-0.15, -0.1) is 11.6 Å². The molecule has 3 aromatic heterocycles. The van der Waals surface area contributed by atoms with Gasteiger partial charge in [-0.05, 0) is 57.9 Å². The Balaban J connectivity index is 1.81. The van der Waals surface area contributed by atoms with E-state index in [2.05, 4.69) is 51.5 Å². The molecule has 0 saturated carbocycles. The van der Waals surface area contributed by atoms with Gasteiger partial charge >= 0.3 is 0 Å². The molecule has 8 nitrogen and oxygen atoms in total. The highest BCUT2D eigenvalue weighted by molar-refractivity contribution is 6.20. The first kappa shape index (κ1) is 21.0. The number of carbonyl (C=O) groups is 1. The molecule has 0 radical (unpaired) electrons. The fourth-order valence-electron chi connectivity index (χ4n) is 3.14. The van der Waals surface area contributed by atoms with Gasteiger partial charge in [-0.1, -0.05) is 6.07 Å². The summed E-state index contributed by atoms with van der Waals surface area (Å²) in [5.74, 6) is 1.05. The fraction of sp³-hybridized carbons (Fsp3) is 0.318. The van der Waals surface area contributed by atoms with Crippen LogP contribution in [0.15, 0.2) is 36.8 Å². The SMILES string of the molecule is Cc1cc(NC(=O)C(C)(C)CCl)n(-c2ncnc3c2cnn3-c2ccc(C)c(C)c2)n1. The second kappa shape index (κ2) is 7.77. The van der Waals surface area contributed by atoms with E-state index in [0.717, 1.165) is 16.8 Å². The number of hydrogen-bond acceptors (Lipinski definition) is 5. The van der Waals surface area contributed by atoms with E-state index in [9.17, 15) is 4.79 Å². The molecular formula is C22H24ClN7O. The summed E-state index contributed by atoms with van der Waals surface area (Å²) in [7, 11) is 0. The summed E-state index contributed by atoms with van der Waals surface area (Å²) in [5.41, 5.74) is 3.97. The number of aryl methyl sites for hydroxylation is 3. The molecule has 9 heteroatoms. The number of carbonyl (C=O) groups excluding carboxylic acids is 1. The van der Waals surface area contributed by atoms with Gasteiger partial charge in [0.15, 0.2) is 11.5 Å². The van der Waals surface area contributed by atoms with Crippen molar-refractivity contribution in [3.05, 3.63) is 53.6 Å². The van der Waals surface area contributed by atoms with Crippen molar-refractivity contribution in [1.82, 2.24) is 29.5 Å². The molecular weight excluding hydrogens is 414 g/mol. The predicted octanol–water partition coefficient (Wildman–Crippen LogP) is 4.13. The molecule has 1 amide bonds. The van der Waals surface area contributed by atoms with Crippen LogP contribution in [0.25, 0.3) is 22.5 Å². The first-order valence-corrected chi connectivity index (χ1v) is 10.5. The first-order chi connectivity index (χ1) is 14.7. The summed E-state index contributed by atoms with van der Waals surface area (Å²) in [5, 5.41) is 12.7. The number of aromatic nitrogens is 6. The van der Waals surface area contributed by atoms with Crippen molar-refractivity contribution in [2.45, 2.75) is 34.6 Å². The van der Waals surface area contributed by atoms with Crippen LogP contribution < -0.4 is 5.32 Å². The average Bonchev–Trinajstić information content (AvgIpc) is 3.33. The van der Waals surface area contributed by atoms with E-state index in [4.69, 9.17) is 11.6 Å². The molecule has 0 aliphatic heterocycles. The molecule has 0 atom stereocenters. The van der Waals surface area contributed by atoms with Gasteiger partial charge in [0.25, 0.3) is 0 Å². The number of rotatable bonds is 5. The standard InChI is InChI=1S/C22H24ClN7O/c1-13-6-7-16(8-14(13)2)29-19-17(10-26-29)20(25-12-24-19)30-18(9-15(3)28-30)27-21(31)22(4,5)11-23/h6-10,12H,11H2,1-5H3,(H,27,31). The van der Waals surface area contributed by atoms with E-state index in [1.54, 1.807) is 35.5 Å². The van der Waals surface area contributed by atoms with Crippen LogP contribution in [0.2, 0.25) is 0 Å². The summed E-state index contributed by atoms with van der Waals surface area (Å²) < 4.78 is 3.38. The van der Waals surface area contributed by atoms with Gasteiger partial charge in [-0.2, -0.15) is 14.9 Å². The Hall–Kier alpha value is -3.26. The van der Waals surface area contributed by atoms with Crippen molar-refractivity contribution in [2.75, 3.05) is 11.2 Å². The molecule has 0 spiro atoms. The Morgan fingerprint density at radius 2 is 1.87 bits per heavy atom. The van der Waals surface area contributed by atoms with Gasteiger partial charge in [0.2, 0.25) is 5.91 Å². The predicted molar refractivity (Wildman–Crippen MR) is 121 cm³/mol. The summed E-state index contributed by atoms with van der Waals surface area (Å²) >= 11 is 5.96. The van der Waals surface area contributed by atoms with Crippen LogP contribution >= 0.6 is 11.6 Å². The van der Waals surface area contributed by atoms with Crippen LogP contribution in [0.3, 0.4) is 0 Å². The lowest BCUT2D eigenvalue weighted by Gasteiger charge is -2.20. The zero-order chi connectivity index (χ0) is 22.3. The van der Waals surface area contributed by atoms with Crippen LogP contribution in [-0.2, 0) is 4.79 Å². The summed E-state index contributed by atoms with van der Waals surface area (Å²) in [6.07, 6.45) is 3.19. The third kappa shape index (κ3) is 3.79. The van der Waals surface area contributed by atoms with Crippen molar-refractivity contribution in [2.24, 2.45) is 5.41 Å². The second-order valence-corrected chi connectivity index (χ2v) is 8.58. The Bertz CT molecular complexity index is 1290. The smallest absolute Gasteiger partial charge is 0.232 e. The number of anilines is 1. The highest BCUT2D eigenvalue weighted by Crippen LogP contribution is 2.26. The van der Waals surface area contributed by atoms with Gasteiger partial charge in [-0.25, -0.2) is 14.6 Å². The van der Waals surface area contributed by atoms with Crippen molar-refractivity contribution in [3.8, 4) is 11.5 Å². The van der Waals surface area contributed by atoms with E-state index >= 15 is 0 Å². The third-order valence-electron chi connectivity index (χ3n) is 5.30. The van der Waals surface area contributed by atoms with E-state index in [1.807, 2.05) is 13.0 Å². The zero-order valence-electron chi connectivity index (χ0n) is 18.1. The lowest BCUT2D eigenvalue weighted by atomic mass is 9.95. The molecule has 0 unspecified atom stereocenters. The summed E-state index contributed by atoms with van der Waals surface area (Å²) in [4.78, 5) is 21.6. The first-order valence-electron chi connectivity index (χ1n) is 9.92. The molecule has 0 fully saturated rings. The lowest BCUT2D eigenvalue weighted by molar-refractivity contribution is -0.123. The molecule has 0 bridgehead atoms. The third-order valence-corrected chi connectivity index (χ3v) is 5.97. The number of nitrogens with zero attached hydrogens (tertiary/aromatic N) is 6. The molecule has 4 rings (SSSR count). The molecule has 1 aromatic carbocycles. The van der Waals surface area contributed by atoms with Gasteiger partial charge in [-0.3, -0.25) is 4.79 Å². The average molecular weight is 438 g/mol. The maximum absolute atomic E-state index is 12.7. The second-order valence-electron chi connectivity index (χ2n) is 8.31. The number of nitrogens with one attached hydrogen (secondary N) is 1. The molecule has 4 aromatic rings. The number of benzene rings is 1. The Kier molecular flexibility index (Phi) is 5.26. The molecule has 160 valence electrons. The maximum atomic E-state index is 12.7. The van der Waals surface area contributed by atoms with E-state index in [-0.39, 0.29) is 11.8 Å². The highest BCUT2D eigenvalue weighted by Gasteiger charge is 2.28. The number of fused-ring (bicyclic) bond motifs is 1. The van der Waals surface area contributed by atoms with E-state index < -0.39 is 5.41 Å². The van der Waals surface area contributed by atoms with Crippen LogP contribution in [0.1, 0.15) is 30.7 Å². The minimum absolute atomic E-state index is 0.195. The van der Waals surface area contributed by atoms with Gasteiger partial charge < -0.3 is 5.32 Å². The van der Waals surface area contributed by atoms with Crippen molar-refractivity contribution < 1.29 is 4.79 Å². The van der Waals surface area contributed by atoms with Crippen molar-refractivity contribution >= 4 is 34.4 Å². The van der Waals surface area contributed by atoms with Crippen LogP contribution in [0.4, 0.5) is 5.82 Å². The summed E-state index contributed by atoms with van der Waals surface area (Å²) in [6, 6.07) is 7.93. The van der Waals surface area contributed by atoms with Crippen LogP contribution in [0.5, 0.6) is 0 Å². The largest absolute Gasteiger partial charge is 0.310 e. The van der Waals surface area contributed by atoms with Gasteiger partial charge in [0.05, 0.1) is 28.4 Å². The Morgan fingerprint density at radius 3 is 2.58 bits per heavy atom. The lowest BCUT2D eigenvalue weighted by Crippen LogP contribution is -2.33. The normalized spacial score (nSPS) is 11.8. The van der Waals surface area contributed by atoms with E-state index in [0.29, 0.717) is 17.3 Å². The Labute approximate surface area is 185 Å². The zero-order valence-corrected chi connectivity index (χ0v) is 18.9. The van der Waals surface area contributed by atoms with E-state index in [1.165, 1.54) is 17.5 Å². The fourth-order valence-corrected chi connectivity index (χ4v) is 3.26. The molecule has 0 aliphatic rings. The molecule has 1 N–H and O–H groups in total. The topological polar surface area (TPSA) is 90.5 Å². The number of alkyl halides is 1. The number of hydrogen-bond donors (Lipinski definition) is 1. The minimum Gasteiger partial charge on any atom is -0.310 e. The van der Waals surface area contributed by atoms with Crippen LogP contribution in [0, 0.1) is 26.2 Å². The van der Waals surface area contributed by atoms with Gasteiger partial charge in [0, 0.05) is 11.9 Å². The van der Waals surface area contributed by atoms with Crippen molar-refractivity contribution in [1.29, 1.82) is 0 Å². The summed E-state index contributed by atoms with van der Waals surface area (Å²) in [6.45, 7) is 9.57. The minimum atomic E-state index is -0.722. The molecule has 31 heavy (non-hydrogen) atoms. The number of halogens is 1. The molecule has 0 saturated heterocycles. The van der Waals surface area contributed by atoms with Crippen LogP contribution in [-0.4, -0.2) is 41.3 Å². The number of amides is 1. The van der Waals surface area contributed by atoms with Gasteiger partial charge in [0.1, 0.15) is 12.1 Å². The highest BCUT2D eigenvalue weighted by atomic mass is 35.5. The monoisotopic (exact) mass is 437 g/mol. The quantitative estimate of drug-likeness (QED) is 0.474.